The summed E-state index contributed by atoms with van der Waals surface area (Å²) < 4.78 is 47.5. The lowest BCUT2D eigenvalue weighted by Gasteiger charge is -2.00. The molecule has 0 bridgehead atoms. The van der Waals surface area contributed by atoms with Gasteiger partial charge in [0.2, 0.25) is 30.0 Å². The van der Waals surface area contributed by atoms with E-state index in [1.165, 1.54) is 24.8 Å². The van der Waals surface area contributed by atoms with Crippen molar-refractivity contribution < 1.29 is 16.8 Å². The van der Waals surface area contributed by atoms with Crippen LogP contribution < -0.4 is 0 Å². The Hall–Kier alpha value is -2.46. The molecule has 32 heavy (non-hydrogen) atoms. The monoisotopic (exact) mass is 476 g/mol. The standard InChI is InChI=1S/2C11H14N2O2S/c2*1-2-4-9-7-10(9)8-16(14,15)11-12-5-3-6-13-11/h2*2-6,9-10H,7-8H2,1H3/b2*4-2+/t2*9-,10+/m10/s1. The first-order valence-corrected chi connectivity index (χ1v) is 13.8. The van der Waals surface area contributed by atoms with Crippen LogP contribution in [-0.4, -0.2) is 48.3 Å². The summed E-state index contributed by atoms with van der Waals surface area (Å²) in [4.78, 5) is 15.1. The van der Waals surface area contributed by atoms with Gasteiger partial charge in [-0.1, -0.05) is 24.3 Å². The van der Waals surface area contributed by atoms with Crippen molar-refractivity contribution in [1.82, 2.24) is 19.9 Å². The molecule has 172 valence electrons. The van der Waals surface area contributed by atoms with Crippen molar-refractivity contribution in [3.63, 3.8) is 0 Å². The van der Waals surface area contributed by atoms with E-state index >= 15 is 0 Å². The van der Waals surface area contributed by atoms with Gasteiger partial charge in [0, 0.05) is 24.8 Å². The minimum atomic E-state index is -3.30. The van der Waals surface area contributed by atoms with Gasteiger partial charge in [-0.25, -0.2) is 36.8 Å². The second-order valence-corrected chi connectivity index (χ2v) is 11.9. The zero-order valence-corrected chi connectivity index (χ0v) is 19.8. The molecule has 2 saturated carbocycles. The molecule has 0 aromatic carbocycles. The van der Waals surface area contributed by atoms with Crippen LogP contribution in [-0.2, 0) is 19.7 Å². The van der Waals surface area contributed by atoms with Crippen LogP contribution in [0.5, 0.6) is 0 Å². The normalized spacial score (nSPS) is 24.8. The maximum atomic E-state index is 11.9. The van der Waals surface area contributed by atoms with Gasteiger partial charge in [-0.2, -0.15) is 0 Å². The van der Waals surface area contributed by atoms with Crippen LogP contribution in [0, 0.1) is 23.7 Å². The smallest absolute Gasteiger partial charge is 0.227 e. The van der Waals surface area contributed by atoms with E-state index in [0.29, 0.717) is 11.8 Å². The molecule has 8 nitrogen and oxygen atoms in total. The van der Waals surface area contributed by atoms with Crippen molar-refractivity contribution in [3.05, 3.63) is 61.2 Å². The van der Waals surface area contributed by atoms with Gasteiger partial charge in [0.1, 0.15) is 0 Å². The highest BCUT2D eigenvalue weighted by atomic mass is 32.2. The summed E-state index contributed by atoms with van der Waals surface area (Å²) in [6, 6.07) is 3.22. The molecule has 0 saturated heterocycles. The molecule has 2 aromatic heterocycles. The average Bonchev–Trinajstić information content (AvgIpc) is 3.69. The van der Waals surface area contributed by atoms with Crippen molar-refractivity contribution >= 4 is 19.7 Å². The second-order valence-electron chi connectivity index (χ2n) is 8.00. The molecule has 0 amide bonds. The molecule has 0 unspecified atom stereocenters. The average molecular weight is 477 g/mol. The quantitative estimate of drug-likeness (QED) is 0.421. The highest BCUT2D eigenvalue weighted by molar-refractivity contribution is 7.91. The first-order valence-electron chi connectivity index (χ1n) is 10.5. The Morgan fingerprint density at radius 3 is 1.38 bits per heavy atom. The van der Waals surface area contributed by atoms with E-state index in [4.69, 9.17) is 0 Å². The van der Waals surface area contributed by atoms with Gasteiger partial charge >= 0.3 is 0 Å². The number of nitrogens with zero attached hydrogens (tertiary/aromatic N) is 4. The highest BCUT2D eigenvalue weighted by Gasteiger charge is 2.40. The molecule has 4 rings (SSSR count). The number of allylic oxidation sites excluding steroid dienone is 4. The van der Waals surface area contributed by atoms with Gasteiger partial charge in [-0.15, -0.1) is 0 Å². The molecule has 2 aliphatic rings. The van der Waals surface area contributed by atoms with E-state index in [-0.39, 0.29) is 33.7 Å². The van der Waals surface area contributed by atoms with Gasteiger partial charge in [-0.05, 0) is 62.5 Å². The molecule has 0 spiro atoms. The van der Waals surface area contributed by atoms with Crippen molar-refractivity contribution in [1.29, 1.82) is 0 Å². The van der Waals surface area contributed by atoms with Crippen molar-refractivity contribution in [2.24, 2.45) is 23.7 Å². The van der Waals surface area contributed by atoms with Crippen LogP contribution in [0.1, 0.15) is 26.7 Å². The Balaban J connectivity index is 0.000000181. The fourth-order valence-electron chi connectivity index (χ4n) is 3.50. The van der Waals surface area contributed by atoms with Crippen LogP contribution in [0.25, 0.3) is 0 Å². The summed E-state index contributed by atoms with van der Waals surface area (Å²) in [5.74, 6) is 1.64. The molecular weight excluding hydrogens is 448 g/mol. The lowest BCUT2D eigenvalue weighted by atomic mass is 10.3. The Bertz CT molecular complexity index is 1060. The van der Waals surface area contributed by atoms with E-state index in [1.807, 2.05) is 26.0 Å². The van der Waals surface area contributed by atoms with E-state index in [2.05, 4.69) is 32.1 Å². The Kier molecular flexibility index (Phi) is 7.89. The number of rotatable bonds is 8. The number of sulfone groups is 2. The second kappa shape index (κ2) is 10.4. The van der Waals surface area contributed by atoms with Crippen molar-refractivity contribution in [2.45, 2.75) is 37.0 Å². The highest BCUT2D eigenvalue weighted by Crippen LogP contribution is 2.41. The molecule has 0 N–H and O–H groups in total. The fourth-order valence-corrected chi connectivity index (χ4v) is 6.57. The number of hydrogen-bond acceptors (Lipinski definition) is 8. The van der Waals surface area contributed by atoms with Crippen LogP contribution in [0.2, 0.25) is 0 Å². The predicted molar refractivity (Wildman–Crippen MR) is 121 cm³/mol. The lowest BCUT2D eigenvalue weighted by Crippen LogP contribution is -2.12. The molecule has 2 fully saturated rings. The van der Waals surface area contributed by atoms with Crippen LogP contribution in [0.15, 0.2) is 71.5 Å². The third-order valence-corrected chi connectivity index (χ3v) is 8.61. The minimum Gasteiger partial charge on any atom is -0.227 e. The predicted octanol–water partition coefficient (Wildman–Crippen LogP) is 2.93. The lowest BCUT2D eigenvalue weighted by molar-refractivity contribution is 0.580. The minimum absolute atomic E-state index is 0.0545. The van der Waals surface area contributed by atoms with Gasteiger partial charge in [0.15, 0.2) is 0 Å². The molecule has 4 atom stereocenters. The Labute approximate surface area is 189 Å². The molecular formula is C22H28N4O4S2. The van der Waals surface area contributed by atoms with Crippen molar-refractivity contribution in [2.75, 3.05) is 11.5 Å². The maximum Gasteiger partial charge on any atom is 0.247 e. The third kappa shape index (κ3) is 6.77. The van der Waals surface area contributed by atoms with Crippen LogP contribution in [0.4, 0.5) is 0 Å². The summed E-state index contributed by atoms with van der Waals surface area (Å²) in [7, 11) is -6.61. The summed E-state index contributed by atoms with van der Waals surface area (Å²) in [6.45, 7) is 3.90. The number of aromatic nitrogens is 4. The zero-order valence-electron chi connectivity index (χ0n) is 18.1. The topological polar surface area (TPSA) is 120 Å². The molecule has 2 aromatic rings. The molecule has 0 radical (unpaired) electrons. The Morgan fingerprint density at radius 1 is 0.719 bits per heavy atom. The maximum absolute atomic E-state index is 11.9. The molecule has 10 heteroatoms. The SMILES string of the molecule is C/C=C/[C@@H]1C[C@H]1CS(=O)(=O)c1ncccn1.C/C=C/[C@H]1C[C@@H]1CS(=O)(=O)c1ncccn1. The molecule has 0 aliphatic heterocycles. The largest absolute Gasteiger partial charge is 0.247 e. The molecule has 2 heterocycles. The van der Waals surface area contributed by atoms with Crippen molar-refractivity contribution in [3.8, 4) is 0 Å². The Morgan fingerprint density at radius 2 is 1.06 bits per heavy atom. The summed E-state index contributed by atoms with van der Waals surface area (Å²) >= 11 is 0. The first kappa shape index (κ1) is 24.2. The third-order valence-electron chi connectivity index (χ3n) is 5.34. The van der Waals surface area contributed by atoms with Gasteiger partial charge in [0.05, 0.1) is 11.5 Å². The van der Waals surface area contributed by atoms with Gasteiger partial charge < -0.3 is 0 Å². The number of hydrogen-bond donors (Lipinski definition) is 0. The fraction of sp³-hybridized carbons (Fsp3) is 0.455. The van der Waals surface area contributed by atoms with Gasteiger partial charge in [0.25, 0.3) is 0 Å². The summed E-state index contributed by atoms with van der Waals surface area (Å²) in [6.07, 6.45) is 15.8. The zero-order chi connectivity index (χ0) is 23.2. The summed E-state index contributed by atoms with van der Waals surface area (Å²) in [5, 5.41) is -0.109. The van der Waals surface area contributed by atoms with E-state index < -0.39 is 19.7 Å². The van der Waals surface area contributed by atoms with E-state index in [1.54, 1.807) is 12.1 Å². The van der Waals surface area contributed by atoms with Gasteiger partial charge in [-0.3, -0.25) is 0 Å². The summed E-state index contributed by atoms with van der Waals surface area (Å²) in [5.41, 5.74) is 0. The molecule has 2 aliphatic carbocycles. The van der Waals surface area contributed by atoms with E-state index in [9.17, 15) is 16.8 Å². The van der Waals surface area contributed by atoms with E-state index in [0.717, 1.165) is 12.8 Å². The van der Waals surface area contributed by atoms with Crippen LogP contribution in [0.3, 0.4) is 0 Å². The first-order chi connectivity index (χ1) is 15.3. The van der Waals surface area contributed by atoms with Crippen LogP contribution >= 0.6 is 0 Å².